The quantitative estimate of drug-likeness (QED) is 0.601. The van der Waals surface area contributed by atoms with Gasteiger partial charge in [0.1, 0.15) is 4.83 Å². The maximum atomic E-state index is 13.2. The minimum atomic E-state index is -0.253. The lowest BCUT2D eigenvalue weighted by Gasteiger charge is -2.16. The van der Waals surface area contributed by atoms with Crippen LogP contribution in [0.15, 0.2) is 9.95 Å². The molecule has 24 heavy (non-hydrogen) atoms. The van der Waals surface area contributed by atoms with Crippen molar-refractivity contribution >= 4 is 33.3 Å². The number of hydrogen-bond donors (Lipinski definition) is 0. The smallest absolute Gasteiger partial charge is 0.263 e. The molecule has 3 heterocycles. The summed E-state index contributed by atoms with van der Waals surface area (Å²) in [6, 6.07) is 2.21. The lowest BCUT2D eigenvalue weighted by Crippen LogP contribution is -2.29. The molecule has 1 saturated heterocycles. The van der Waals surface area contributed by atoms with Gasteiger partial charge in [-0.25, -0.2) is 4.98 Å². The second-order valence-corrected chi connectivity index (χ2v) is 8.52. The molecule has 1 aliphatic heterocycles. The first-order chi connectivity index (χ1) is 11.5. The zero-order valence-electron chi connectivity index (χ0n) is 14.2. The van der Waals surface area contributed by atoms with Crippen LogP contribution in [0.25, 0.3) is 10.2 Å². The fourth-order valence-corrected chi connectivity index (χ4v) is 5.04. The van der Waals surface area contributed by atoms with Gasteiger partial charge in [0.25, 0.3) is 5.56 Å². The molecule has 2 aromatic rings. The van der Waals surface area contributed by atoms with Crippen LogP contribution in [0.3, 0.4) is 0 Å². The first kappa shape index (κ1) is 17.5. The Kier molecular flexibility index (Phi) is 5.28. The number of nitrogens with zero attached hydrogens (tertiary/aromatic N) is 3. The van der Waals surface area contributed by atoms with Gasteiger partial charge < -0.3 is 4.74 Å². The summed E-state index contributed by atoms with van der Waals surface area (Å²) in [5, 5.41) is 10.2. The van der Waals surface area contributed by atoms with Crippen LogP contribution >= 0.6 is 23.1 Å². The highest BCUT2D eigenvalue weighted by molar-refractivity contribution is 8.00. The molecule has 1 aliphatic rings. The number of nitriles is 1. The van der Waals surface area contributed by atoms with Gasteiger partial charge in [0.2, 0.25) is 0 Å². The fraction of sp³-hybridized carbons (Fsp3) is 0.588. The third kappa shape index (κ3) is 3.23. The number of fused-ring (bicyclic) bond motifs is 1. The Bertz CT molecular complexity index is 844. The van der Waals surface area contributed by atoms with E-state index in [0.29, 0.717) is 11.7 Å². The normalized spacial score (nSPS) is 18.8. The molecule has 0 spiro atoms. The van der Waals surface area contributed by atoms with Crippen LogP contribution in [0.1, 0.15) is 37.1 Å². The monoisotopic (exact) mass is 363 g/mol. The van der Waals surface area contributed by atoms with Gasteiger partial charge in [-0.3, -0.25) is 9.36 Å². The van der Waals surface area contributed by atoms with E-state index in [1.807, 2.05) is 13.8 Å². The Morgan fingerprint density at radius 3 is 3.00 bits per heavy atom. The number of thiophene rings is 1. The Balaban J connectivity index is 2.15. The molecule has 128 valence electrons. The molecule has 0 unspecified atom stereocenters. The van der Waals surface area contributed by atoms with Gasteiger partial charge in [0.05, 0.1) is 29.4 Å². The zero-order chi connectivity index (χ0) is 17.3. The predicted molar refractivity (Wildman–Crippen MR) is 97.9 cm³/mol. The average molecular weight is 364 g/mol. The molecule has 0 radical (unpaired) electrons. The van der Waals surface area contributed by atoms with Gasteiger partial charge in [0, 0.05) is 11.5 Å². The van der Waals surface area contributed by atoms with Crippen LogP contribution in [0.2, 0.25) is 0 Å². The van der Waals surface area contributed by atoms with E-state index in [1.165, 1.54) is 11.8 Å². The van der Waals surface area contributed by atoms with Crippen molar-refractivity contribution in [2.45, 2.75) is 63.1 Å². The summed E-state index contributed by atoms with van der Waals surface area (Å²) < 4.78 is 7.44. The first-order valence-corrected chi connectivity index (χ1v) is 9.95. The van der Waals surface area contributed by atoms with E-state index in [1.54, 1.807) is 15.9 Å². The first-order valence-electron chi connectivity index (χ1n) is 8.25. The molecule has 0 saturated carbocycles. The van der Waals surface area contributed by atoms with E-state index in [9.17, 15) is 4.79 Å². The summed E-state index contributed by atoms with van der Waals surface area (Å²) in [6.07, 6.45) is 2.88. The lowest BCUT2D eigenvalue weighted by atomic mass is 10.1. The summed E-state index contributed by atoms with van der Waals surface area (Å²) in [6.45, 7) is 7.21. The van der Waals surface area contributed by atoms with Crippen molar-refractivity contribution in [3.63, 3.8) is 0 Å². The standard InChI is InChI=1S/C17H21N3O2S2/c1-4-13-11(3)24-15-14(13)16(21)20(9-12-6-5-7-22-12)17(19-15)23-10(2)8-18/h10,12H,4-7,9H2,1-3H3/t10-,12-/m0/s1. The van der Waals surface area contributed by atoms with Crippen LogP contribution in [0.4, 0.5) is 0 Å². The van der Waals surface area contributed by atoms with Crippen molar-refractivity contribution in [2.24, 2.45) is 0 Å². The van der Waals surface area contributed by atoms with Gasteiger partial charge in [-0.15, -0.1) is 11.3 Å². The topological polar surface area (TPSA) is 67.9 Å². The van der Waals surface area contributed by atoms with Gasteiger partial charge in [-0.1, -0.05) is 18.7 Å². The summed E-state index contributed by atoms with van der Waals surface area (Å²) in [7, 11) is 0. The SMILES string of the molecule is CCc1c(C)sc2nc(S[C@@H](C)C#N)n(C[C@@H]3CCCO3)c(=O)c12. The molecule has 1 fully saturated rings. The Morgan fingerprint density at radius 2 is 2.38 bits per heavy atom. The van der Waals surface area contributed by atoms with Crippen molar-refractivity contribution in [2.75, 3.05) is 6.61 Å². The molecule has 0 bridgehead atoms. The van der Waals surface area contributed by atoms with Gasteiger partial charge in [-0.2, -0.15) is 5.26 Å². The van der Waals surface area contributed by atoms with E-state index in [2.05, 4.69) is 13.0 Å². The molecule has 0 amide bonds. The summed E-state index contributed by atoms with van der Waals surface area (Å²) in [5.41, 5.74) is 1.10. The van der Waals surface area contributed by atoms with E-state index in [0.717, 1.165) is 46.5 Å². The average Bonchev–Trinajstić information content (AvgIpc) is 3.17. The van der Waals surface area contributed by atoms with Crippen LogP contribution < -0.4 is 5.56 Å². The Hall–Kier alpha value is -1.36. The number of aryl methyl sites for hydroxylation is 2. The summed E-state index contributed by atoms with van der Waals surface area (Å²) >= 11 is 2.91. The highest BCUT2D eigenvalue weighted by Gasteiger charge is 2.23. The van der Waals surface area contributed by atoms with Gasteiger partial charge >= 0.3 is 0 Å². The van der Waals surface area contributed by atoms with Crippen LogP contribution in [-0.2, 0) is 17.7 Å². The van der Waals surface area contributed by atoms with E-state index in [4.69, 9.17) is 15.0 Å². The van der Waals surface area contributed by atoms with Gasteiger partial charge in [0.15, 0.2) is 5.16 Å². The Labute approximate surface area is 149 Å². The van der Waals surface area contributed by atoms with Crippen molar-refractivity contribution in [1.82, 2.24) is 9.55 Å². The molecule has 2 aromatic heterocycles. The number of aromatic nitrogens is 2. The highest BCUT2D eigenvalue weighted by atomic mass is 32.2. The Morgan fingerprint density at radius 1 is 1.58 bits per heavy atom. The minimum absolute atomic E-state index is 0.00402. The van der Waals surface area contributed by atoms with E-state index < -0.39 is 0 Å². The molecule has 0 aliphatic carbocycles. The second-order valence-electron chi connectivity index (χ2n) is 6.00. The van der Waals surface area contributed by atoms with Gasteiger partial charge in [-0.05, 0) is 38.7 Å². The predicted octanol–water partition coefficient (Wildman–Crippen LogP) is 3.51. The summed E-state index contributed by atoms with van der Waals surface area (Å²) in [4.78, 5) is 19.8. The lowest BCUT2D eigenvalue weighted by molar-refractivity contribution is 0.0937. The minimum Gasteiger partial charge on any atom is -0.376 e. The van der Waals surface area contributed by atoms with E-state index >= 15 is 0 Å². The number of thioether (sulfide) groups is 1. The maximum Gasteiger partial charge on any atom is 0.263 e. The molecule has 5 nitrogen and oxygen atoms in total. The zero-order valence-corrected chi connectivity index (χ0v) is 15.8. The molecular weight excluding hydrogens is 342 g/mol. The maximum absolute atomic E-state index is 13.2. The van der Waals surface area contributed by atoms with Crippen molar-refractivity contribution in [3.05, 3.63) is 20.8 Å². The molecular formula is C17H21N3O2S2. The van der Waals surface area contributed by atoms with Crippen molar-refractivity contribution in [3.8, 4) is 6.07 Å². The molecule has 2 atom stereocenters. The largest absolute Gasteiger partial charge is 0.376 e. The molecule has 0 N–H and O–H groups in total. The molecule has 7 heteroatoms. The molecule has 3 rings (SSSR count). The number of ether oxygens (including phenoxy) is 1. The third-order valence-corrected chi connectivity index (χ3v) is 6.33. The van der Waals surface area contributed by atoms with Crippen LogP contribution in [0.5, 0.6) is 0 Å². The fourth-order valence-electron chi connectivity index (χ4n) is 3.08. The van der Waals surface area contributed by atoms with E-state index in [-0.39, 0.29) is 16.9 Å². The number of rotatable bonds is 5. The number of hydrogen-bond acceptors (Lipinski definition) is 6. The van der Waals surface area contributed by atoms with Crippen LogP contribution in [-0.4, -0.2) is 27.5 Å². The van der Waals surface area contributed by atoms with Crippen molar-refractivity contribution < 1.29 is 4.74 Å². The second kappa shape index (κ2) is 7.26. The van der Waals surface area contributed by atoms with Crippen LogP contribution in [0, 0.1) is 18.3 Å². The third-order valence-electron chi connectivity index (χ3n) is 4.31. The molecule has 0 aromatic carbocycles. The highest BCUT2D eigenvalue weighted by Crippen LogP contribution is 2.31. The summed E-state index contributed by atoms with van der Waals surface area (Å²) in [5.74, 6) is 0. The van der Waals surface area contributed by atoms with Crippen molar-refractivity contribution in [1.29, 1.82) is 5.26 Å².